The minimum atomic E-state index is -0.719. The first-order valence-corrected chi connectivity index (χ1v) is 7.92. The molecule has 0 saturated carbocycles. The minimum absolute atomic E-state index is 0. The van der Waals surface area contributed by atoms with E-state index in [1.54, 1.807) is 6.92 Å². The Kier molecular flexibility index (Phi) is 10.5. The number of halogens is 1. The Morgan fingerprint density at radius 3 is 2.20 bits per heavy atom. The Hall–Kier alpha value is -2.12. The van der Waals surface area contributed by atoms with Gasteiger partial charge in [0.05, 0.1) is 0 Å². The molecule has 7 nitrogen and oxygen atoms in total. The molecule has 0 bridgehead atoms. The van der Waals surface area contributed by atoms with Crippen molar-refractivity contribution in [2.45, 2.75) is 39.5 Å². The van der Waals surface area contributed by atoms with Gasteiger partial charge in [-0.1, -0.05) is 44.2 Å². The summed E-state index contributed by atoms with van der Waals surface area (Å²) in [5.74, 6) is -1.38. The molecular formula is C17H26ClN3O4. The maximum absolute atomic E-state index is 12.2. The van der Waals surface area contributed by atoms with Gasteiger partial charge in [0.15, 0.2) is 6.04 Å². The number of esters is 1. The van der Waals surface area contributed by atoms with Crippen molar-refractivity contribution in [3.8, 4) is 0 Å². The lowest BCUT2D eigenvalue weighted by atomic mass is 10.0. The molecule has 0 aromatic heterocycles. The van der Waals surface area contributed by atoms with E-state index in [4.69, 9.17) is 4.74 Å². The molecule has 2 unspecified atom stereocenters. The molecule has 2 atom stereocenters. The normalized spacial score (nSPS) is 12.5. The molecule has 25 heavy (non-hydrogen) atoms. The highest BCUT2D eigenvalue weighted by molar-refractivity contribution is 5.90. The van der Waals surface area contributed by atoms with E-state index in [-0.39, 0.29) is 37.4 Å². The minimum Gasteiger partial charge on any atom is -1.00 e. The van der Waals surface area contributed by atoms with E-state index in [1.165, 1.54) is 0 Å². The van der Waals surface area contributed by atoms with E-state index in [0.29, 0.717) is 0 Å². The van der Waals surface area contributed by atoms with Crippen LogP contribution in [0.25, 0.3) is 0 Å². The first-order chi connectivity index (χ1) is 11.3. The van der Waals surface area contributed by atoms with E-state index in [1.807, 2.05) is 44.2 Å². The van der Waals surface area contributed by atoms with Crippen LogP contribution < -0.4 is 28.8 Å². The maximum Gasteiger partial charge on any atom is 0.325 e. The first kappa shape index (κ1) is 22.9. The number of nitrogens with one attached hydrogen (secondary N) is 2. The zero-order valence-electron chi connectivity index (χ0n) is 14.8. The van der Waals surface area contributed by atoms with Crippen LogP contribution in [0.15, 0.2) is 30.3 Å². The zero-order chi connectivity index (χ0) is 18.1. The van der Waals surface area contributed by atoms with Gasteiger partial charge in [0, 0.05) is 0 Å². The van der Waals surface area contributed by atoms with E-state index in [0.717, 1.165) is 5.56 Å². The van der Waals surface area contributed by atoms with Crippen LogP contribution in [0.2, 0.25) is 0 Å². The third-order valence-corrected chi connectivity index (χ3v) is 3.34. The van der Waals surface area contributed by atoms with Gasteiger partial charge in [-0.15, -0.1) is 0 Å². The summed E-state index contributed by atoms with van der Waals surface area (Å²) in [4.78, 5) is 35.6. The molecule has 1 rings (SSSR count). The van der Waals surface area contributed by atoms with Crippen molar-refractivity contribution in [1.82, 2.24) is 10.6 Å². The number of carbonyl (C=O) groups excluding carboxylic acids is 3. The summed E-state index contributed by atoms with van der Waals surface area (Å²) in [6, 6.07) is 8.08. The SMILES string of the molecule is CC([NH3+])C(=O)NC(C(=O)NCC(=O)OCc1ccccc1)C(C)C.[Cl-]. The van der Waals surface area contributed by atoms with Gasteiger partial charge < -0.3 is 33.5 Å². The van der Waals surface area contributed by atoms with Crippen LogP contribution in [0, 0.1) is 5.92 Å². The van der Waals surface area contributed by atoms with Gasteiger partial charge >= 0.3 is 5.97 Å². The van der Waals surface area contributed by atoms with Gasteiger partial charge in [-0.2, -0.15) is 0 Å². The quantitative estimate of drug-likeness (QED) is 0.414. The van der Waals surface area contributed by atoms with Crippen LogP contribution in [0.5, 0.6) is 0 Å². The van der Waals surface area contributed by atoms with E-state index < -0.39 is 24.0 Å². The van der Waals surface area contributed by atoms with Crippen LogP contribution in [0.4, 0.5) is 0 Å². The van der Waals surface area contributed by atoms with Gasteiger partial charge in [0.25, 0.3) is 5.91 Å². The van der Waals surface area contributed by atoms with Crippen LogP contribution in [0.3, 0.4) is 0 Å². The highest BCUT2D eigenvalue weighted by Crippen LogP contribution is 2.03. The van der Waals surface area contributed by atoms with Gasteiger partial charge in [-0.05, 0) is 18.4 Å². The van der Waals surface area contributed by atoms with Crippen molar-refractivity contribution in [2.24, 2.45) is 5.92 Å². The fraction of sp³-hybridized carbons (Fsp3) is 0.471. The number of benzene rings is 1. The molecule has 0 aliphatic heterocycles. The lowest BCUT2D eigenvalue weighted by Crippen LogP contribution is -3.00. The summed E-state index contributed by atoms with van der Waals surface area (Å²) < 4.78 is 5.09. The summed E-state index contributed by atoms with van der Waals surface area (Å²) in [5.41, 5.74) is 4.49. The van der Waals surface area contributed by atoms with Crippen molar-refractivity contribution >= 4 is 17.8 Å². The third kappa shape index (κ3) is 8.51. The molecular weight excluding hydrogens is 346 g/mol. The number of carbonyl (C=O) groups is 3. The molecule has 0 radical (unpaired) electrons. The average Bonchev–Trinajstić information content (AvgIpc) is 2.55. The van der Waals surface area contributed by atoms with Crippen molar-refractivity contribution in [2.75, 3.05) is 6.54 Å². The Bertz CT molecular complexity index is 564. The summed E-state index contributed by atoms with van der Waals surface area (Å²) in [6.07, 6.45) is 0. The average molecular weight is 372 g/mol. The summed E-state index contributed by atoms with van der Waals surface area (Å²) in [6.45, 7) is 5.17. The fourth-order valence-electron chi connectivity index (χ4n) is 1.89. The highest BCUT2D eigenvalue weighted by Gasteiger charge is 2.26. The van der Waals surface area contributed by atoms with Crippen LogP contribution in [0.1, 0.15) is 26.3 Å². The molecule has 8 heteroatoms. The fourth-order valence-corrected chi connectivity index (χ4v) is 1.89. The number of ether oxygens (including phenoxy) is 1. The molecule has 0 spiro atoms. The van der Waals surface area contributed by atoms with Gasteiger partial charge in [-0.25, -0.2) is 0 Å². The summed E-state index contributed by atoms with van der Waals surface area (Å²) in [5, 5.41) is 5.13. The first-order valence-electron chi connectivity index (χ1n) is 7.92. The molecule has 1 aromatic rings. The van der Waals surface area contributed by atoms with E-state index in [2.05, 4.69) is 16.4 Å². The lowest BCUT2D eigenvalue weighted by Gasteiger charge is -2.21. The Morgan fingerprint density at radius 2 is 1.68 bits per heavy atom. The second-order valence-electron chi connectivity index (χ2n) is 6.00. The molecule has 2 amide bonds. The molecule has 0 heterocycles. The van der Waals surface area contributed by atoms with Crippen LogP contribution in [-0.2, 0) is 25.7 Å². The Labute approximate surface area is 154 Å². The maximum atomic E-state index is 12.2. The molecule has 5 N–H and O–H groups in total. The largest absolute Gasteiger partial charge is 1.00 e. The topological polar surface area (TPSA) is 112 Å². The molecule has 1 aromatic carbocycles. The standard InChI is InChI=1S/C17H25N3O4.ClH/c1-11(2)15(20-16(22)12(3)18)17(23)19-9-14(21)24-10-13-7-5-4-6-8-13;/h4-8,11-12,15H,9-10,18H2,1-3H3,(H,19,23)(H,20,22);1H. The van der Waals surface area contributed by atoms with Gasteiger partial charge in [0.2, 0.25) is 5.91 Å². The monoisotopic (exact) mass is 371 g/mol. The number of quaternary nitrogens is 1. The second kappa shape index (κ2) is 11.4. The van der Waals surface area contributed by atoms with E-state index in [9.17, 15) is 14.4 Å². The predicted octanol–water partition coefficient (Wildman–Crippen LogP) is -3.38. The summed E-state index contributed by atoms with van der Waals surface area (Å²) >= 11 is 0. The smallest absolute Gasteiger partial charge is 0.325 e. The second-order valence-corrected chi connectivity index (χ2v) is 6.00. The number of amides is 2. The lowest BCUT2D eigenvalue weighted by molar-refractivity contribution is -0.398. The highest BCUT2D eigenvalue weighted by atomic mass is 35.5. The molecule has 0 saturated heterocycles. The van der Waals surface area contributed by atoms with Gasteiger partial charge in [0.1, 0.15) is 19.2 Å². The summed E-state index contributed by atoms with van der Waals surface area (Å²) in [7, 11) is 0. The number of rotatable bonds is 8. The molecule has 0 fully saturated rings. The van der Waals surface area contributed by atoms with Crippen molar-refractivity contribution < 1.29 is 37.3 Å². The van der Waals surface area contributed by atoms with Gasteiger partial charge in [-0.3, -0.25) is 14.4 Å². The van der Waals surface area contributed by atoms with Crippen molar-refractivity contribution in [1.29, 1.82) is 0 Å². The Balaban J connectivity index is 0.00000576. The van der Waals surface area contributed by atoms with E-state index >= 15 is 0 Å². The molecule has 0 aliphatic carbocycles. The Morgan fingerprint density at radius 1 is 1.08 bits per heavy atom. The molecule has 0 aliphatic rings. The number of hydrogen-bond donors (Lipinski definition) is 3. The van der Waals surface area contributed by atoms with Crippen molar-refractivity contribution in [3.05, 3.63) is 35.9 Å². The van der Waals surface area contributed by atoms with Crippen LogP contribution >= 0.6 is 0 Å². The number of hydrogen-bond acceptors (Lipinski definition) is 4. The van der Waals surface area contributed by atoms with Crippen LogP contribution in [-0.4, -0.2) is 36.4 Å². The zero-order valence-corrected chi connectivity index (χ0v) is 15.5. The predicted molar refractivity (Wildman–Crippen MR) is 88.4 cm³/mol. The van der Waals surface area contributed by atoms with Crippen molar-refractivity contribution in [3.63, 3.8) is 0 Å². The third-order valence-electron chi connectivity index (χ3n) is 3.34. The molecule has 140 valence electrons.